The normalized spacial score (nSPS) is 16.2. The third-order valence-electron chi connectivity index (χ3n) is 5.88. The SMILES string of the molecule is CN(Cc1cc(Cl)cn1C)C(=O)C1CCCN1C(=O)Cc1ccc2ccccc2c1. The van der Waals surface area contributed by atoms with Gasteiger partial charge in [-0.3, -0.25) is 9.59 Å². The Morgan fingerprint density at radius 1 is 1.13 bits per heavy atom. The maximum absolute atomic E-state index is 13.1. The molecule has 2 heterocycles. The van der Waals surface area contributed by atoms with Crippen LogP contribution in [0.25, 0.3) is 10.8 Å². The lowest BCUT2D eigenvalue weighted by molar-refractivity contribution is -0.143. The van der Waals surface area contributed by atoms with Gasteiger partial charge in [0.25, 0.3) is 0 Å². The van der Waals surface area contributed by atoms with E-state index in [1.54, 1.807) is 16.8 Å². The highest BCUT2D eigenvalue weighted by Crippen LogP contribution is 2.23. The number of halogens is 1. The molecule has 4 rings (SSSR count). The van der Waals surface area contributed by atoms with Gasteiger partial charge < -0.3 is 14.4 Å². The third-order valence-corrected chi connectivity index (χ3v) is 6.08. The number of aromatic nitrogens is 1. The molecule has 0 spiro atoms. The predicted molar refractivity (Wildman–Crippen MR) is 119 cm³/mol. The highest BCUT2D eigenvalue weighted by atomic mass is 35.5. The molecular formula is C24H26ClN3O2. The Morgan fingerprint density at radius 2 is 1.90 bits per heavy atom. The van der Waals surface area contributed by atoms with Gasteiger partial charge in [-0.2, -0.15) is 0 Å². The van der Waals surface area contributed by atoms with Gasteiger partial charge >= 0.3 is 0 Å². The van der Waals surface area contributed by atoms with E-state index in [1.165, 1.54) is 0 Å². The van der Waals surface area contributed by atoms with E-state index < -0.39 is 6.04 Å². The molecule has 0 N–H and O–H groups in total. The maximum atomic E-state index is 13.1. The van der Waals surface area contributed by atoms with Crippen LogP contribution in [0.5, 0.6) is 0 Å². The number of hydrogen-bond acceptors (Lipinski definition) is 2. The van der Waals surface area contributed by atoms with Gasteiger partial charge in [0.15, 0.2) is 0 Å². The van der Waals surface area contributed by atoms with E-state index in [9.17, 15) is 9.59 Å². The fraction of sp³-hybridized carbons (Fsp3) is 0.333. The van der Waals surface area contributed by atoms with Crippen molar-refractivity contribution >= 4 is 34.2 Å². The van der Waals surface area contributed by atoms with E-state index >= 15 is 0 Å². The monoisotopic (exact) mass is 423 g/mol. The summed E-state index contributed by atoms with van der Waals surface area (Å²) in [5.74, 6) is -0.00636. The van der Waals surface area contributed by atoms with Gasteiger partial charge in [-0.25, -0.2) is 0 Å². The molecule has 156 valence electrons. The van der Waals surface area contributed by atoms with Crippen molar-refractivity contribution in [2.24, 2.45) is 7.05 Å². The number of nitrogens with zero attached hydrogens (tertiary/aromatic N) is 3. The molecule has 0 bridgehead atoms. The van der Waals surface area contributed by atoms with Crippen LogP contribution in [-0.4, -0.2) is 45.8 Å². The van der Waals surface area contributed by atoms with E-state index in [2.05, 4.69) is 18.2 Å². The second kappa shape index (κ2) is 8.52. The molecule has 2 aromatic carbocycles. The average Bonchev–Trinajstić information content (AvgIpc) is 3.33. The summed E-state index contributed by atoms with van der Waals surface area (Å²) < 4.78 is 1.92. The molecule has 0 radical (unpaired) electrons. The number of benzene rings is 2. The van der Waals surface area contributed by atoms with Gasteiger partial charge in [0.1, 0.15) is 6.04 Å². The second-order valence-corrected chi connectivity index (χ2v) is 8.49. The van der Waals surface area contributed by atoms with Crippen molar-refractivity contribution in [2.45, 2.75) is 31.8 Å². The van der Waals surface area contributed by atoms with Crippen LogP contribution in [0.15, 0.2) is 54.7 Å². The van der Waals surface area contributed by atoms with E-state index in [-0.39, 0.29) is 11.8 Å². The van der Waals surface area contributed by atoms with E-state index in [0.717, 1.165) is 28.5 Å². The number of carbonyl (C=O) groups is 2. The molecule has 1 atom stereocenters. The van der Waals surface area contributed by atoms with Crippen LogP contribution in [-0.2, 0) is 29.6 Å². The molecule has 1 aromatic heterocycles. The number of carbonyl (C=O) groups excluding carboxylic acids is 2. The van der Waals surface area contributed by atoms with Gasteiger partial charge in [0, 0.05) is 32.5 Å². The first kappa shape index (κ1) is 20.5. The van der Waals surface area contributed by atoms with Gasteiger partial charge in [-0.1, -0.05) is 54.1 Å². The van der Waals surface area contributed by atoms with Crippen molar-refractivity contribution in [3.05, 3.63) is 71.0 Å². The maximum Gasteiger partial charge on any atom is 0.245 e. The molecule has 0 saturated carbocycles. The molecule has 0 aliphatic carbocycles. The fourth-order valence-corrected chi connectivity index (χ4v) is 4.52. The average molecular weight is 424 g/mol. The quantitative estimate of drug-likeness (QED) is 0.622. The van der Waals surface area contributed by atoms with E-state index in [4.69, 9.17) is 11.6 Å². The summed E-state index contributed by atoms with van der Waals surface area (Å²) in [5.41, 5.74) is 1.94. The minimum Gasteiger partial charge on any atom is -0.351 e. The van der Waals surface area contributed by atoms with Crippen LogP contribution in [0.2, 0.25) is 5.02 Å². The number of likely N-dealkylation sites (N-methyl/N-ethyl adjacent to an activating group) is 1. The predicted octanol–water partition coefficient (Wildman–Crippen LogP) is 4.02. The summed E-state index contributed by atoms with van der Waals surface area (Å²) in [6.45, 7) is 1.10. The first-order valence-electron chi connectivity index (χ1n) is 10.3. The lowest BCUT2D eigenvalue weighted by atomic mass is 10.0. The summed E-state index contributed by atoms with van der Waals surface area (Å²) in [5, 5.41) is 2.93. The number of fused-ring (bicyclic) bond motifs is 1. The Balaban J connectivity index is 1.44. The Bertz CT molecular complexity index is 1090. The summed E-state index contributed by atoms with van der Waals surface area (Å²) in [4.78, 5) is 29.6. The van der Waals surface area contributed by atoms with Crippen molar-refractivity contribution < 1.29 is 9.59 Å². The summed E-state index contributed by atoms with van der Waals surface area (Å²) in [6.07, 6.45) is 3.69. The third kappa shape index (κ3) is 4.21. The topological polar surface area (TPSA) is 45.6 Å². The minimum atomic E-state index is -0.390. The van der Waals surface area contributed by atoms with Crippen LogP contribution in [0.4, 0.5) is 0 Å². The highest BCUT2D eigenvalue weighted by molar-refractivity contribution is 6.30. The van der Waals surface area contributed by atoms with E-state index in [0.29, 0.717) is 31.0 Å². The molecule has 1 saturated heterocycles. The minimum absolute atomic E-state index is 0.0106. The Labute approximate surface area is 181 Å². The summed E-state index contributed by atoms with van der Waals surface area (Å²) in [6, 6.07) is 15.7. The Morgan fingerprint density at radius 3 is 2.63 bits per heavy atom. The van der Waals surface area contributed by atoms with Crippen molar-refractivity contribution in [3.63, 3.8) is 0 Å². The second-order valence-electron chi connectivity index (χ2n) is 8.06. The lowest BCUT2D eigenvalue weighted by Crippen LogP contribution is -2.46. The van der Waals surface area contributed by atoms with Crippen LogP contribution in [0.1, 0.15) is 24.1 Å². The Kier molecular flexibility index (Phi) is 5.82. The summed E-state index contributed by atoms with van der Waals surface area (Å²) in [7, 11) is 3.70. The van der Waals surface area contributed by atoms with Crippen LogP contribution in [0, 0.1) is 0 Å². The molecule has 1 aliphatic heterocycles. The number of rotatable bonds is 5. The van der Waals surface area contributed by atoms with Gasteiger partial charge in [-0.15, -0.1) is 0 Å². The van der Waals surface area contributed by atoms with Gasteiger partial charge in [0.05, 0.1) is 18.0 Å². The van der Waals surface area contributed by atoms with Crippen molar-refractivity contribution in [1.82, 2.24) is 14.4 Å². The Hall–Kier alpha value is -2.79. The standard InChI is InChI=1S/C24H26ClN3O2/c1-26-15-20(25)14-21(26)16-27(2)24(30)22-8-5-11-28(22)23(29)13-17-9-10-18-6-3-4-7-19(18)12-17/h3-4,6-7,9-10,12,14-15,22H,5,8,11,13,16H2,1-2H3. The van der Waals surface area contributed by atoms with Gasteiger partial charge in [0.2, 0.25) is 11.8 Å². The van der Waals surface area contributed by atoms with Crippen LogP contribution in [0.3, 0.4) is 0 Å². The molecule has 1 aliphatic rings. The zero-order chi connectivity index (χ0) is 21.3. The molecule has 1 unspecified atom stereocenters. The molecular weight excluding hydrogens is 398 g/mol. The summed E-state index contributed by atoms with van der Waals surface area (Å²) >= 11 is 6.06. The fourth-order valence-electron chi connectivity index (χ4n) is 4.25. The van der Waals surface area contributed by atoms with Crippen LogP contribution >= 0.6 is 11.6 Å². The molecule has 2 amide bonds. The van der Waals surface area contributed by atoms with Crippen molar-refractivity contribution in [1.29, 1.82) is 0 Å². The van der Waals surface area contributed by atoms with Crippen LogP contribution < -0.4 is 0 Å². The highest BCUT2D eigenvalue weighted by Gasteiger charge is 2.35. The molecule has 3 aromatic rings. The first-order valence-corrected chi connectivity index (χ1v) is 10.6. The first-order chi connectivity index (χ1) is 14.4. The zero-order valence-electron chi connectivity index (χ0n) is 17.3. The molecule has 5 nitrogen and oxygen atoms in total. The van der Waals surface area contributed by atoms with E-state index in [1.807, 2.05) is 48.1 Å². The smallest absolute Gasteiger partial charge is 0.245 e. The van der Waals surface area contributed by atoms with Gasteiger partial charge in [-0.05, 0) is 35.2 Å². The zero-order valence-corrected chi connectivity index (χ0v) is 18.1. The number of amides is 2. The number of aryl methyl sites for hydroxylation is 1. The number of likely N-dealkylation sites (tertiary alicyclic amines) is 1. The van der Waals surface area contributed by atoms with Crippen molar-refractivity contribution in [2.75, 3.05) is 13.6 Å². The van der Waals surface area contributed by atoms with Crippen molar-refractivity contribution in [3.8, 4) is 0 Å². The largest absolute Gasteiger partial charge is 0.351 e. The molecule has 6 heteroatoms. The molecule has 30 heavy (non-hydrogen) atoms. The lowest BCUT2D eigenvalue weighted by Gasteiger charge is -2.28. The number of hydrogen-bond donors (Lipinski definition) is 0. The molecule has 1 fully saturated rings.